The number of carbonyl (C=O) groups is 1. The smallest absolute Gasteiger partial charge is 0.231 e. The number of ether oxygens (including phenoxy) is 2. The number of hydrogen-bond donors (Lipinski definition) is 1. The molecule has 26 heavy (non-hydrogen) atoms. The zero-order valence-corrected chi connectivity index (χ0v) is 14.2. The van der Waals surface area contributed by atoms with E-state index >= 15 is 0 Å². The topological polar surface area (TPSA) is 75.1 Å². The fraction of sp³-hybridized carbons (Fsp3) is 0.143. The van der Waals surface area contributed by atoms with Crippen LogP contribution in [0.2, 0.25) is 0 Å². The highest BCUT2D eigenvalue weighted by atomic mass is 16.7. The van der Waals surface area contributed by atoms with Crippen molar-refractivity contribution >= 4 is 22.8 Å². The maximum Gasteiger partial charge on any atom is 0.231 e. The molecule has 4 rings (SSSR count). The highest BCUT2D eigenvalue weighted by Crippen LogP contribution is 2.36. The average molecular weight is 344 g/mol. The van der Waals surface area contributed by atoms with Crippen LogP contribution in [0.15, 0.2) is 48.2 Å². The van der Waals surface area contributed by atoms with Crippen LogP contribution in [0.1, 0.15) is 28.4 Å². The lowest BCUT2D eigenvalue weighted by atomic mass is 9.99. The monoisotopic (exact) mass is 344 g/mol. The first-order chi connectivity index (χ1) is 12.7. The molecule has 0 bridgehead atoms. The number of benzene rings is 2. The maximum absolute atomic E-state index is 13.0. The van der Waals surface area contributed by atoms with Crippen LogP contribution in [0.4, 0.5) is 0 Å². The van der Waals surface area contributed by atoms with E-state index in [4.69, 9.17) is 9.47 Å². The van der Waals surface area contributed by atoms with E-state index in [2.05, 4.69) is 11.9 Å². The molecule has 0 saturated carbocycles. The predicted octanol–water partition coefficient (Wildman–Crippen LogP) is 4.25. The minimum Gasteiger partial charge on any atom is -0.454 e. The number of fused-ring (bicyclic) bond motifs is 2. The Bertz CT molecular complexity index is 1090. The Morgan fingerprint density at radius 2 is 2.12 bits per heavy atom. The molecular weight excluding hydrogens is 328 g/mol. The van der Waals surface area contributed by atoms with Gasteiger partial charge in [0.15, 0.2) is 11.5 Å². The third-order valence-corrected chi connectivity index (χ3v) is 4.52. The summed E-state index contributed by atoms with van der Waals surface area (Å²) in [5, 5.41) is 10.4. The molecule has 1 aromatic heterocycles. The molecule has 1 aliphatic heterocycles. The van der Waals surface area contributed by atoms with E-state index in [1.807, 2.05) is 24.3 Å². The lowest BCUT2D eigenvalue weighted by Crippen LogP contribution is -2.01. The highest BCUT2D eigenvalue weighted by Gasteiger charge is 2.20. The second-order valence-electron chi connectivity index (χ2n) is 5.98. The number of hydrogen-bond acceptors (Lipinski definition) is 4. The number of nitriles is 1. The molecule has 2 heterocycles. The molecule has 0 aliphatic carbocycles. The van der Waals surface area contributed by atoms with Crippen molar-refractivity contribution in [1.82, 2.24) is 4.98 Å². The van der Waals surface area contributed by atoms with Crippen molar-refractivity contribution in [2.24, 2.45) is 0 Å². The van der Waals surface area contributed by atoms with Crippen molar-refractivity contribution in [2.75, 3.05) is 6.79 Å². The summed E-state index contributed by atoms with van der Waals surface area (Å²) in [5.74, 6) is 0.854. The molecule has 1 N–H and O–H groups in total. The van der Waals surface area contributed by atoms with Gasteiger partial charge in [-0.1, -0.05) is 37.3 Å². The third-order valence-electron chi connectivity index (χ3n) is 4.52. The fourth-order valence-electron chi connectivity index (χ4n) is 3.22. The molecule has 0 spiro atoms. The van der Waals surface area contributed by atoms with Crippen molar-refractivity contribution < 1.29 is 14.3 Å². The number of aromatic amines is 1. The van der Waals surface area contributed by atoms with Crippen molar-refractivity contribution in [3.63, 3.8) is 0 Å². The average Bonchev–Trinajstić information content (AvgIpc) is 3.32. The van der Waals surface area contributed by atoms with E-state index in [0.29, 0.717) is 22.6 Å². The van der Waals surface area contributed by atoms with Gasteiger partial charge in [0.2, 0.25) is 12.6 Å². The fourth-order valence-corrected chi connectivity index (χ4v) is 3.22. The number of ketones is 1. The number of carbonyl (C=O) groups excluding carboxylic acids is 1. The number of Topliss-reactive ketones (excluding diaryl/α,β-unsaturated/α-hetero) is 1. The summed E-state index contributed by atoms with van der Waals surface area (Å²) in [6.45, 7) is 2.20. The first-order valence-electron chi connectivity index (χ1n) is 8.37. The summed E-state index contributed by atoms with van der Waals surface area (Å²) < 4.78 is 10.8. The minimum absolute atomic E-state index is 0.0525. The quantitative estimate of drug-likeness (QED) is 0.436. The van der Waals surface area contributed by atoms with Gasteiger partial charge in [0.05, 0.1) is 0 Å². The van der Waals surface area contributed by atoms with Gasteiger partial charge in [-0.2, -0.15) is 5.26 Å². The normalized spacial score (nSPS) is 13.0. The van der Waals surface area contributed by atoms with Crippen molar-refractivity contribution in [1.29, 1.82) is 5.26 Å². The van der Waals surface area contributed by atoms with E-state index in [1.165, 1.54) is 0 Å². The molecule has 1 aliphatic rings. The highest BCUT2D eigenvalue weighted by molar-refractivity contribution is 6.20. The van der Waals surface area contributed by atoms with Crippen LogP contribution >= 0.6 is 0 Å². The van der Waals surface area contributed by atoms with Crippen LogP contribution in [0.3, 0.4) is 0 Å². The third kappa shape index (κ3) is 2.52. The molecule has 0 amide bonds. The van der Waals surface area contributed by atoms with E-state index in [-0.39, 0.29) is 18.1 Å². The number of aromatic nitrogens is 1. The van der Waals surface area contributed by atoms with Crippen molar-refractivity contribution in [3.05, 3.63) is 64.9 Å². The van der Waals surface area contributed by atoms with Crippen LogP contribution in [-0.4, -0.2) is 17.6 Å². The van der Waals surface area contributed by atoms with Gasteiger partial charge in [0.25, 0.3) is 0 Å². The molecule has 0 atom stereocenters. The number of rotatable bonds is 4. The Kier molecular flexibility index (Phi) is 3.94. The summed E-state index contributed by atoms with van der Waals surface area (Å²) >= 11 is 0. The molecule has 0 radical (unpaired) electrons. The zero-order chi connectivity index (χ0) is 18.1. The maximum atomic E-state index is 13.0. The lowest BCUT2D eigenvalue weighted by Gasteiger charge is -2.03. The standard InChI is InChI=1S/C21H16N2O3/c1-2-13-5-3-7-16-17(11-23-19(13)16)20(24)15(10-22)9-14-6-4-8-18-21(14)26-12-25-18/h3-9,11,23H,2,12H2,1H3/b15-9+. The van der Waals surface area contributed by atoms with E-state index in [9.17, 15) is 10.1 Å². The van der Waals surface area contributed by atoms with Crippen LogP contribution in [0.5, 0.6) is 11.5 Å². The lowest BCUT2D eigenvalue weighted by molar-refractivity contribution is 0.104. The summed E-state index contributed by atoms with van der Waals surface area (Å²) in [6.07, 6.45) is 4.09. The molecular formula is C21H16N2O3. The molecule has 0 saturated heterocycles. The van der Waals surface area contributed by atoms with Gasteiger partial charge in [-0.05, 0) is 24.1 Å². The van der Waals surface area contributed by atoms with Gasteiger partial charge in [-0.25, -0.2) is 0 Å². The van der Waals surface area contributed by atoms with Gasteiger partial charge < -0.3 is 14.5 Å². The second kappa shape index (κ2) is 6.41. The van der Waals surface area contributed by atoms with E-state index < -0.39 is 0 Å². The number of H-pyrrole nitrogens is 1. The Labute approximate surface area is 150 Å². The van der Waals surface area contributed by atoms with Crippen LogP contribution < -0.4 is 9.47 Å². The molecule has 2 aromatic carbocycles. The summed E-state index contributed by atoms with van der Waals surface area (Å²) in [6, 6.07) is 13.3. The van der Waals surface area contributed by atoms with Gasteiger partial charge >= 0.3 is 0 Å². The number of nitrogens with one attached hydrogen (secondary N) is 1. The van der Waals surface area contributed by atoms with E-state index in [1.54, 1.807) is 30.5 Å². The van der Waals surface area contributed by atoms with Crippen LogP contribution in [0, 0.1) is 11.3 Å². The minimum atomic E-state index is -0.316. The van der Waals surface area contributed by atoms with Gasteiger partial charge in [-0.15, -0.1) is 0 Å². The largest absolute Gasteiger partial charge is 0.454 e. The zero-order valence-electron chi connectivity index (χ0n) is 14.2. The molecule has 5 heteroatoms. The van der Waals surface area contributed by atoms with Gasteiger partial charge in [-0.3, -0.25) is 4.79 Å². The molecule has 0 unspecified atom stereocenters. The van der Waals surface area contributed by atoms with Crippen molar-refractivity contribution in [3.8, 4) is 17.6 Å². The molecule has 5 nitrogen and oxygen atoms in total. The second-order valence-corrected chi connectivity index (χ2v) is 5.98. The van der Waals surface area contributed by atoms with Crippen LogP contribution in [0.25, 0.3) is 17.0 Å². The number of nitrogens with zero attached hydrogens (tertiary/aromatic N) is 1. The summed E-state index contributed by atoms with van der Waals surface area (Å²) in [5.41, 5.74) is 3.27. The number of allylic oxidation sites excluding steroid dienone is 1. The van der Waals surface area contributed by atoms with Gasteiger partial charge in [0.1, 0.15) is 11.6 Å². The Balaban J connectivity index is 1.78. The van der Waals surface area contributed by atoms with Gasteiger partial charge in [0, 0.05) is 28.2 Å². The Morgan fingerprint density at radius 1 is 1.27 bits per heavy atom. The van der Waals surface area contributed by atoms with Crippen molar-refractivity contribution in [2.45, 2.75) is 13.3 Å². The van der Waals surface area contributed by atoms with Crippen LogP contribution in [-0.2, 0) is 6.42 Å². The first-order valence-corrected chi connectivity index (χ1v) is 8.37. The summed E-state index contributed by atoms with van der Waals surface area (Å²) in [4.78, 5) is 16.1. The SMILES string of the molecule is CCc1cccc2c(C(=O)/C(C#N)=C/c3cccc4c3OCO4)c[nH]c12. The number of aryl methyl sites for hydroxylation is 1. The summed E-state index contributed by atoms with van der Waals surface area (Å²) in [7, 11) is 0. The molecule has 128 valence electrons. The molecule has 0 fully saturated rings. The Hall–Kier alpha value is -3.52. The predicted molar refractivity (Wildman–Crippen MR) is 98.2 cm³/mol. The number of para-hydroxylation sites is 2. The van der Waals surface area contributed by atoms with E-state index in [0.717, 1.165) is 22.9 Å². The molecule has 3 aromatic rings. The first kappa shape index (κ1) is 16.0. The Morgan fingerprint density at radius 3 is 2.92 bits per heavy atom.